The second-order valence-electron chi connectivity index (χ2n) is 11.5. The molecule has 278 valence electrons. The van der Waals surface area contributed by atoms with E-state index in [9.17, 15) is 34.2 Å². The number of aliphatic hydroxyl groups is 2. The highest BCUT2D eigenvalue weighted by Crippen LogP contribution is 2.13. The van der Waals surface area contributed by atoms with Crippen molar-refractivity contribution in [3.8, 4) is 0 Å². The van der Waals surface area contributed by atoms with Gasteiger partial charge in [0.25, 0.3) is 11.8 Å². The van der Waals surface area contributed by atoms with Crippen molar-refractivity contribution in [2.45, 2.75) is 77.4 Å². The van der Waals surface area contributed by atoms with Gasteiger partial charge in [0.15, 0.2) is 6.29 Å². The second-order valence-corrected chi connectivity index (χ2v) is 11.5. The van der Waals surface area contributed by atoms with Crippen LogP contribution in [0.1, 0.15) is 71.1 Å². The summed E-state index contributed by atoms with van der Waals surface area (Å²) in [7, 11) is 0. The number of carbonyl (C=O) groups excluding carboxylic acids is 5. The van der Waals surface area contributed by atoms with E-state index in [2.05, 4.69) is 20.4 Å². The summed E-state index contributed by atoms with van der Waals surface area (Å²) in [5, 5.41) is 42.4. The smallest absolute Gasteiger partial charge is 0.333 e. The molecule has 1 heterocycles. The number of hydrogen-bond donors (Lipinski definition) is 6. The van der Waals surface area contributed by atoms with Crippen LogP contribution in [0.2, 0.25) is 0 Å². The van der Waals surface area contributed by atoms with Crippen LogP contribution in [0.15, 0.2) is 0 Å². The largest absolute Gasteiger partial charge is 0.367 e. The Labute approximate surface area is 282 Å². The monoisotopic (exact) mass is 692 g/mol. The Morgan fingerprint density at radius 1 is 0.729 bits per heavy atom. The van der Waals surface area contributed by atoms with Crippen molar-refractivity contribution in [2.75, 3.05) is 85.2 Å². The van der Waals surface area contributed by atoms with Gasteiger partial charge in [0, 0.05) is 84.6 Å². The first-order chi connectivity index (χ1) is 23.1. The van der Waals surface area contributed by atoms with Gasteiger partial charge in [-0.1, -0.05) is 19.8 Å². The van der Waals surface area contributed by atoms with E-state index in [0.29, 0.717) is 102 Å². The molecule has 48 heavy (non-hydrogen) atoms. The third kappa shape index (κ3) is 21.2. The van der Waals surface area contributed by atoms with Crippen molar-refractivity contribution >= 4 is 29.6 Å². The van der Waals surface area contributed by atoms with Crippen molar-refractivity contribution in [1.29, 1.82) is 0 Å². The van der Waals surface area contributed by atoms with E-state index in [-0.39, 0.29) is 57.4 Å². The molecule has 1 saturated heterocycles. The van der Waals surface area contributed by atoms with Gasteiger partial charge < -0.3 is 25.7 Å². The molecular weight excluding hydrogens is 636 g/mol. The van der Waals surface area contributed by atoms with Gasteiger partial charge in [-0.15, -0.1) is 5.06 Å². The number of unbranched alkanes of at least 4 members (excludes halogenated alkanes) is 4. The Kier molecular flexibility index (Phi) is 24.4. The topological polar surface area (TPSA) is 231 Å². The van der Waals surface area contributed by atoms with Crippen LogP contribution in [0.4, 0.5) is 0 Å². The van der Waals surface area contributed by atoms with Gasteiger partial charge in [-0.25, -0.2) is 14.6 Å². The molecule has 0 unspecified atom stereocenters. The molecule has 6 N–H and O–H groups in total. The Morgan fingerprint density at radius 2 is 1.25 bits per heavy atom. The summed E-state index contributed by atoms with van der Waals surface area (Å²) in [6, 6.07) is 0. The zero-order valence-corrected chi connectivity index (χ0v) is 28.2. The van der Waals surface area contributed by atoms with Crippen LogP contribution in [0.3, 0.4) is 0 Å². The van der Waals surface area contributed by atoms with Crippen molar-refractivity contribution in [2.24, 2.45) is 0 Å². The SMILES string of the molecule is CCN(CCN(CCN(CCOO)CCOO)CC(=O)NCCCCCC(=O)NCCCCCC(=O)ON1C(=O)CCC1=O)CC(O)O. The van der Waals surface area contributed by atoms with Crippen molar-refractivity contribution in [1.82, 2.24) is 30.4 Å². The Morgan fingerprint density at radius 3 is 1.79 bits per heavy atom. The minimum atomic E-state index is -1.46. The van der Waals surface area contributed by atoms with Crippen LogP contribution in [-0.4, -0.2) is 162 Å². The maximum Gasteiger partial charge on any atom is 0.333 e. The lowest BCUT2D eigenvalue weighted by molar-refractivity contribution is -0.251. The number of carbonyl (C=O) groups is 5. The molecule has 0 aromatic rings. The van der Waals surface area contributed by atoms with E-state index in [1.807, 2.05) is 21.6 Å². The fourth-order valence-corrected chi connectivity index (χ4v) is 4.89. The summed E-state index contributed by atoms with van der Waals surface area (Å²) in [5.74, 6) is -1.88. The quantitative estimate of drug-likeness (QED) is 0.0177. The number of hydroxylamine groups is 2. The van der Waals surface area contributed by atoms with Crippen LogP contribution in [0, 0.1) is 0 Å². The van der Waals surface area contributed by atoms with Crippen LogP contribution < -0.4 is 10.6 Å². The van der Waals surface area contributed by atoms with E-state index in [4.69, 9.17) is 15.4 Å². The molecule has 0 radical (unpaired) electrons. The summed E-state index contributed by atoms with van der Waals surface area (Å²) >= 11 is 0. The number of aliphatic hydroxyl groups excluding tert-OH is 1. The lowest BCUT2D eigenvalue weighted by Gasteiger charge is -2.29. The number of nitrogens with zero attached hydrogens (tertiary/aromatic N) is 4. The van der Waals surface area contributed by atoms with E-state index in [1.54, 1.807) is 0 Å². The van der Waals surface area contributed by atoms with Gasteiger partial charge in [0.05, 0.1) is 19.8 Å². The highest BCUT2D eigenvalue weighted by atomic mass is 17.1. The molecule has 1 rings (SSSR count). The van der Waals surface area contributed by atoms with Crippen molar-refractivity contribution in [3.63, 3.8) is 0 Å². The molecule has 0 bridgehead atoms. The summed E-state index contributed by atoms with van der Waals surface area (Å²) in [4.78, 5) is 78.5. The van der Waals surface area contributed by atoms with Crippen LogP contribution >= 0.6 is 0 Å². The fraction of sp³-hybridized carbons (Fsp3) is 0.833. The van der Waals surface area contributed by atoms with E-state index < -0.39 is 24.1 Å². The number of nitrogens with one attached hydrogen (secondary N) is 2. The highest BCUT2D eigenvalue weighted by Gasteiger charge is 2.32. The molecule has 0 aromatic carbocycles. The number of hydrogen-bond acceptors (Lipinski definition) is 15. The first-order valence-corrected chi connectivity index (χ1v) is 16.7. The first-order valence-electron chi connectivity index (χ1n) is 16.7. The van der Waals surface area contributed by atoms with E-state index >= 15 is 0 Å². The molecule has 1 aliphatic heterocycles. The Bertz CT molecular complexity index is 920. The molecule has 0 atom stereocenters. The number of imide groups is 1. The molecule has 18 nitrogen and oxygen atoms in total. The zero-order valence-electron chi connectivity index (χ0n) is 28.2. The molecule has 4 amide bonds. The maximum absolute atomic E-state index is 12.7. The lowest BCUT2D eigenvalue weighted by atomic mass is 10.1. The third-order valence-electron chi connectivity index (χ3n) is 7.68. The molecule has 0 aliphatic carbocycles. The van der Waals surface area contributed by atoms with E-state index in [0.717, 1.165) is 6.42 Å². The highest BCUT2D eigenvalue weighted by molar-refractivity contribution is 6.01. The predicted octanol–water partition coefficient (Wildman–Crippen LogP) is -0.837. The van der Waals surface area contributed by atoms with Crippen molar-refractivity contribution in [3.05, 3.63) is 0 Å². The molecule has 18 heteroatoms. The maximum atomic E-state index is 12.7. The molecular formula is C30H56N6O12. The standard InChI is InChI=1S/C30H56N6O12/c1-2-33(24-29(41)42)15-17-35(18-16-34(19-21-46-44)20-22-47-45)23-26(38)32-14-7-3-5-9-25(37)31-13-8-4-6-10-30(43)48-36-27(39)11-12-28(36)40/h29,41-42,44-45H,2-24H2,1H3,(H,31,37)(H,32,38). The van der Waals surface area contributed by atoms with Crippen LogP contribution in [-0.2, 0) is 38.6 Å². The van der Waals surface area contributed by atoms with E-state index in [1.165, 1.54) is 0 Å². The van der Waals surface area contributed by atoms with Gasteiger partial charge in [-0.3, -0.25) is 44.4 Å². The van der Waals surface area contributed by atoms with Crippen molar-refractivity contribution < 1.29 is 59.3 Å². The van der Waals surface area contributed by atoms with Gasteiger partial charge in [0.2, 0.25) is 11.8 Å². The third-order valence-corrected chi connectivity index (χ3v) is 7.68. The predicted molar refractivity (Wildman–Crippen MR) is 171 cm³/mol. The summed E-state index contributed by atoms with van der Waals surface area (Å²) < 4.78 is 0. The molecule has 0 aromatic heterocycles. The van der Waals surface area contributed by atoms with Crippen LogP contribution in [0.25, 0.3) is 0 Å². The Balaban J connectivity index is 2.26. The fourth-order valence-electron chi connectivity index (χ4n) is 4.89. The average Bonchev–Trinajstić information content (AvgIpc) is 3.37. The second kappa shape index (κ2) is 27.1. The van der Waals surface area contributed by atoms with Crippen LogP contribution in [0.5, 0.6) is 0 Å². The van der Waals surface area contributed by atoms with Gasteiger partial charge in [0.1, 0.15) is 0 Å². The minimum Gasteiger partial charge on any atom is -0.367 e. The lowest BCUT2D eigenvalue weighted by Crippen LogP contribution is -2.46. The number of likely N-dealkylation sites (N-methyl/N-ethyl adjacent to an activating group) is 1. The first kappa shape index (κ1) is 43.2. The average molecular weight is 693 g/mol. The number of rotatable bonds is 30. The molecule has 1 aliphatic rings. The zero-order chi connectivity index (χ0) is 35.6. The normalized spacial score (nSPS) is 13.4. The molecule has 0 spiro atoms. The minimum absolute atomic E-state index is 0.0530. The summed E-state index contributed by atoms with van der Waals surface area (Å²) in [5.41, 5.74) is 0. The molecule has 1 fully saturated rings. The van der Waals surface area contributed by atoms with Gasteiger partial charge >= 0.3 is 5.97 Å². The van der Waals surface area contributed by atoms with Gasteiger partial charge in [-0.2, -0.15) is 0 Å². The Hall–Kier alpha value is -2.81. The van der Waals surface area contributed by atoms with Gasteiger partial charge in [-0.05, 0) is 32.2 Å². The molecule has 0 saturated carbocycles. The summed E-state index contributed by atoms with van der Waals surface area (Å²) in [6.07, 6.45) is 3.08. The number of amides is 4. The summed E-state index contributed by atoms with van der Waals surface area (Å²) in [6.45, 7) is 6.62.